The highest BCUT2D eigenvalue weighted by molar-refractivity contribution is 7.99. The number of thioether (sulfide) groups is 1. The van der Waals surface area contributed by atoms with Gasteiger partial charge in [0.1, 0.15) is 6.04 Å². The van der Waals surface area contributed by atoms with Gasteiger partial charge in [0.05, 0.1) is 5.88 Å². The fourth-order valence-corrected chi connectivity index (χ4v) is 4.99. The Morgan fingerprint density at radius 3 is 2.50 bits per heavy atom. The van der Waals surface area contributed by atoms with Crippen molar-refractivity contribution in [2.75, 3.05) is 24.7 Å². The second-order valence-corrected chi connectivity index (χ2v) is 8.37. The van der Waals surface area contributed by atoms with Gasteiger partial charge in [-0.15, -0.1) is 11.8 Å². The number of nitrogens with one attached hydrogen (secondary N) is 1. The number of amides is 2. The van der Waals surface area contributed by atoms with Gasteiger partial charge in [0.15, 0.2) is 0 Å². The molecule has 2 aliphatic rings. The number of hydrogen-bond acceptors (Lipinski definition) is 4. The highest BCUT2D eigenvalue weighted by atomic mass is 32.2. The molecule has 2 atom stereocenters. The number of hydrogen-bond donors (Lipinski definition) is 1. The minimum absolute atomic E-state index is 0.0270. The Bertz CT molecular complexity index is 815. The molecule has 0 bridgehead atoms. The Kier molecular flexibility index (Phi) is 5.98. The number of rotatable bonds is 5. The maximum atomic E-state index is 12.9. The van der Waals surface area contributed by atoms with Crippen LogP contribution in [0.2, 0.25) is 0 Å². The standard InChI is InChI=1S/C22H25N3O2S/c26-21(20-15-28-16-25(20)22(27)18-9-5-2-6-10-18)23-19-11-12-24(14-19)13-17-7-3-1-4-8-17/h1-10,19-20H,11-16H2,(H,23,26). The lowest BCUT2D eigenvalue weighted by molar-refractivity contribution is -0.125. The number of carbonyl (C=O) groups is 2. The Labute approximate surface area is 170 Å². The van der Waals surface area contributed by atoms with Crippen LogP contribution in [0.3, 0.4) is 0 Å². The van der Waals surface area contributed by atoms with E-state index in [4.69, 9.17) is 0 Å². The predicted octanol–water partition coefficient (Wildman–Crippen LogP) is 2.59. The Balaban J connectivity index is 1.32. The van der Waals surface area contributed by atoms with Crippen LogP contribution in [0.1, 0.15) is 22.3 Å². The fraction of sp³-hybridized carbons (Fsp3) is 0.364. The topological polar surface area (TPSA) is 52.7 Å². The van der Waals surface area contributed by atoms with E-state index in [0.717, 1.165) is 26.1 Å². The summed E-state index contributed by atoms with van der Waals surface area (Å²) in [7, 11) is 0. The van der Waals surface area contributed by atoms with Crippen molar-refractivity contribution in [3.63, 3.8) is 0 Å². The second-order valence-electron chi connectivity index (χ2n) is 7.37. The van der Waals surface area contributed by atoms with E-state index in [9.17, 15) is 9.59 Å². The normalized spacial score (nSPS) is 22.4. The summed E-state index contributed by atoms with van der Waals surface area (Å²) in [5.41, 5.74) is 1.93. The highest BCUT2D eigenvalue weighted by Crippen LogP contribution is 2.24. The molecule has 0 radical (unpaired) electrons. The molecular weight excluding hydrogens is 370 g/mol. The molecule has 0 aliphatic carbocycles. The third-order valence-electron chi connectivity index (χ3n) is 5.33. The van der Waals surface area contributed by atoms with Crippen LogP contribution in [0.5, 0.6) is 0 Å². The molecule has 5 nitrogen and oxygen atoms in total. The van der Waals surface area contributed by atoms with Crippen LogP contribution in [0.15, 0.2) is 60.7 Å². The lowest BCUT2D eigenvalue weighted by Gasteiger charge is -2.25. The zero-order chi connectivity index (χ0) is 19.3. The molecule has 28 heavy (non-hydrogen) atoms. The van der Waals surface area contributed by atoms with Gasteiger partial charge in [-0.2, -0.15) is 0 Å². The van der Waals surface area contributed by atoms with Crippen molar-refractivity contribution in [1.82, 2.24) is 15.1 Å². The molecule has 1 N–H and O–H groups in total. The van der Waals surface area contributed by atoms with Crippen molar-refractivity contribution in [2.24, 2.45) is 0 Å². The molecule has 0 spiro atoms. The van der Waals surface area contributed by atoms with Crippen molar-refractivity contribution in [3.8, 4) is 0 Å². The first-order valence-corrected chi connectivity index (χ1v) is 10.9. The summed E-state index contributed by atoms with van der Waals surface area (Å²) in [6, 6.07) is 19.4. The average molecular weight is 396 g/mol. The lowest BCUT2D eigenvalue weighted by Crippen LogP contribution is -2.50. The molecule has 0 saturated carbocycles. The van der Waals surface area contributed by atoms with Crippen molar-refractivity contribution >= 4 is 23.6 Å². The van der Waals surface area contributed by atoms with Crippen LogP contribution in [-0.4, -0.2) is 58.4 Å². The molecule has 2 unspecified atom stereocenters. The van der Waals surface area contributed by atoms with Gasteiger partial charge in [-0.3, -0.25) is 14.5 Å². The average Bonchev–Trinajstić information content (AvgIpc) is 3.38. The monoisotopic (exact) mass is 395 g/mol. The molecule has 6 heteroatoms. The Morgan fingerprint density at radius 2 is 1.75 bits per heavy atom. The summed E-state index contributed by atoms with van der Waals surface area (Å²) in [5, 5.41) is 3.19. The molecule has 2 aliphatic heterocycles. The highest BCUT2D eigenvalue weighted by Gasteiger charge is 2.36. The van der Waals surface area contributed by atoms with Gasteiger partial charge in [-0.1, -0.05) is 48.5 Å². The van der Waals surface area contributed by atoms with Gasteiger partial charge < -0.3 is 10.2 Å². The van der Waals surface area contributed by atoms with Crippen molar-refractivity contribution < 1.29 is 9.59 Å². The van der Waals surface area contributed by atoms with Gasteiger partial charge in [0, 0.05) is 37.0 Å². The maximum Gasteiger partial charge on any atom is 0.255 e. The Hall–Kier alpha value is -2.31. The minimum atomic E-state index is -0.388. The summed E-state index contributed by atoms with van der Waals surface area (Å²) in [6.07, 6.45) is 0.949. The van der Waals surface area contributed by atoms with E-state index in [0.29, 0.717) is 17.2 Å². The molecular formula is C22H25N3O2S. The number of carbonyl (C=O) groups excluding carboxylic acids is 2. The second kappa shape index (κ2) is 8.80. The summed E-state index contributed by atoms with van der Waals surface area (Å²) in [4.78, 5) is 29.7. The molecule has 0 aromatic heterocycles. The molecule has 2 saturated heterocycles. The number of nitrogens with zero attached hydrogens (tertiary/aromatic N) is 2. The van der Waals surface area contributed by atoms with E-state index < -0.39 is 0 Å². The van der Waals surface area contributed by atoms with Gasteiger partial charge in [0.25, 0.3) is 5.91 Å². The van der Waals surface area contributed by atoms with Crippen LogP contribution in [0.4, 0.5) is 0 Å². The van der Waals surface area contributed by atoms with E-state index in [2.05, 4.69) is 34.5 Å². The third-order valence-corrected chi connectivity index (χ3v) is 6.35. The van der Waals surface area contributed by atoms with Crippen LogP contribution >= 0.6 is 11.8 Å². The summed E-state index contributed by atoms with van der Waals surface area (Å²) in [6.45, 7) is 2.74. The zero-order valence-corrected chi connectivity index (χ0v) is 16.6. The minimum Gasteiger partial charge on any atom is -0.350 e. The van der Waals surface area contributed by atoms with Gasteiger partial charge in [0.2, 0.25) is 5.91 Å². The maximum absolute atomic E-state index is 12.9. The molecule has 2 fully saturated rings. The van der Waals surface area contributed by atoms with Crippen LogP contribution in [-0.2, 0) is 11.3 Å². The van der Waals surface area contributed by atoms with Crippen LogP contribution in [0, 0.1) is 0 Å². The zero-order valence-electron chi connectivity index (χ0n) is 15.8. The predicted molar refractivity (Wildman–Crippen MR) is 112 cm³/mol. The van der Waals surface area contributed by atoms with Crippen molar-refractivity contribution in [2.45, 2.75) is 25.0 Å². The van der Waals surface area contributed by atoms with E-state index in [1.54, 1.807) is 28.8 Å². The lowest BCUT2D eigenvalue weighted by atomic mass is 10.1. The number of benzene rings is 2. The molecule has 4 rings (SSSR count). The first-order valence-electron chi connectivity index (χ1n) is 9.71. The summed E-state index contributed by atoms with van der Waals surface area (Å²) < 4.78 is 0. The van der Waals surface area contributed by atoms with E-state index in [-0.39, 0.29) is 23.9 Å². The summed E-state index contributed by atoms with van der Waals surface area (Å²) >= 11 is 1.64. The van der Waals surface area contributed by atoms with Crippen LogP contribution in [0.25, 0.3) is 0 Å². The molecule has 146 valence electrons. The fourth-order valence-electron chi connectivity index (χ4n) is 3.84. The quantitative estimate of drug-likeness (QED) is 0.846. The van der Waals surface area contributed by atoms with Crippen LogP contribution < -0.4 is 5.32 Å². The SMILES string of the molecule is O=C(NC1CCN(Cc2ccccc2)C1)C1CSCN1C(=O)c1ccccc1. The third kappa shape index (κ3) is 4.39. The van der Waals surface area contributed by atoms with E-state index in [1.165, 1.54) is 5.56 Å². The summed E-state index contributed by atoms with van der Waals surface area (Å²) in [5.74, 6) is 1.13. The first-order chi connectivity index (χ1) is 13.7. The first kappa shape index (κ1) is 19.0. The van der Waals surface area contributed by atoms with Crippen molar-refractivity contribution in [1.29, 1.82) is 0 Å². The van der Waals surface area contributed by atoms with Crippen molar-refractivity contribution in [3.05, 3.63) is 71.8 Å². The molecule has 2 heterocycles. The largest absolute Gasteiger partial charge is 0.350 e. The smallest absolute Gasteiger partial charge is 0.255 e. The van der Waals surface area contributed by atoms with Gasteiger partial charge in [-0.05, 0) is 24.1 Å². The van der Waals surface area contributed by atoms with E-state index >= 15 is 0 Å². The van der Waals surface area contributed by atoms with Gasteiger partial charge in [-0.25, -0.2) is 0 Å². The molecule has 2 aromatic rings. The van der Waals surface area contributed by atoms with E-state index in [1.807, 2.05) is 24.3 Å². The molecule has 2 aromatic carbocycles. The molecule has 2 amide bonds. The Morgan fingerprint density at radius 1 is 1.04 bits per heavy atom. The van der Waals surface area contributed by atoms with Gasteiger partial charge >= 0.3 is 0 Å². The number of likely N-dealkylation sites (tertiary alicyclic amines) is 1.